The zero-order valence-corrected chi connectivity index (χ0v) is 7.61. The number of aromatic carboxylic acids is 1. The summed E-state index contributed by atoms with van der Waals surface area (Å²) in [6.45, 7) is 1.94. The van der Waals surface area contributed by atoms with Gasteiger partial charge in [0.15, 0.2) is 0 Å². The van der Waals surface area contributed by atoms with E-state index in [1.807, 2.05) is 6.92 Å². The zero-order valence-electron chi connectivity index (χ0n) is 7.61. The van der Waals surface area contributed by atoms with Crippen molar-refractivity contribution in [1.82, 2.24) is 0 Å². The summed E-state index contributed by atoms with van der Waals surface area (Å²) in [7, 11) is 1.57. The second kappa shape index (κ2) is 4.09. The number of hydrogen-bond donors (Lipinski definition) is 1. The predicted octanol–water partition coefficient (Wildman–Crippen LogP) is 2.08. The quantitative estimate of drug-likeness (QED) is 0.778. The maximum atomic E-state index is 10.5. The van der Waals surface area contributed by atoms with Crippen LogP contribution < -0.4 is 0 Å². The fourth-order valence-corrected chi connectivity index (χ4v) is 1.12. The Labute approximate surface area is 76.1 Å². The molecule has 1 atom stereocenters. The first-order valence-electron chi connectivity index (χ1n) is 4.04. The Kier molecular flexibility index (Phi) is 3.08. The van der Waals surface area contributed by atoms with Crippen molar-refractivity contribution in [1.29, 1.82) is 0 Å². The Bertz CT molecular complexity index is 286. The lowest BCUT2D eigenvalue weighted by molar-refractivity contribution is 0.0618. The van der Waals surface area contributed by atoms with Gasteiger partial charge in [0.2, 0.25) is 5.76 Å². The van der Waals surface area contributed by atoms with Crippen LogP contribution >= 0.6 is 0 Å². The van der Waals surface area contributed by atoms with E-state index in [9.17, 15) is 4.79 Å². The highest BCUT2D eigenvalue weighted by molar-refractivity contribution is 5.84. The van der Waals surface area contributed by atoms with Gasteiger partial charge < -0.3 is 14.3 Å². The fourth-order valence-electron chi connectivity index (χ4n) is 1.12. The van der Waals surface area contributed by atoms with Gasteiger partial charge in [0.1, 0.15) is 11.9 Å². The highest BCUT2D eigenvalue weighted by Crippen LogP contribution is 2.22. The van der Waals surface area contributed by atoms with Crippen LogP contribution in [0, 0.1) is 0 Å². The summed E-state index contributed by atoms with van der Waals surface area (Å²) in [6.07, 6.45) is 0.594. The molecule has 0 amide bonds. The number of rotatable bonds is 4. The van der Waals surface area contributed by atoms with Gasteiger partial charge in [-0.25, -0.2) is 4.79 Å². The molecule has 0 aliphatic heterocycles. The van der Waals surface area contributed by atoms with Crippen LogP contribution in [0.25, 0.3) is 0 Å². The molecule has 0 saturated heterocycles. The largest absolute Gasteiger partial charge is 0.475 e. The average Bonchev–Trinajstić information content (AvgIpc) is 2.56. The standard InChI is InChI=1S/C9H12O4/c1-3-6(12-2)7-4-5-8(13-7)9(10)11/h4-6H,3H2,1-2H3,(H,10,11). The molecule has 13 heavy (non-hydrogen) atoms. The van der Waals surface area contributed by atoms with Gasteiger partial charge >= 0.3 is 5.97 Å². The fraction of sp³-hybridized carbons (Fsp3) is 0.444. The minimum Gasteiger partial charge on any atom is -0.475 e. The van der Waals surface area contributed by atoms with E-state index in [1.54, 1.807) is 13.2 Å². The molecule has 1 heterocycles. The van der Waals surface area contributed by atoms with Crippen molar-refractivity contribution >= 4 is 5.97 Å². The second-order valence-corrected chi connectivity index (χ2v) is 2.64. The SMILES string of the molecule is CCC(OC)c1ccc(C(=O)O)o1. The Morgan fingerprint density at radius 2 is 2.38 bits per heavy atom. The van der Waals surface area contributed by atoms with Crippen molar-refractivity contribution in [2.24, 2.45) is 0 Å². The molecular weight excluding hydrogens is 172 g/mol. The number of furan rings is 1. The molecule has 0 spiro atoms. The van der Waals surface area contributed by atoms with Crippen molar-refractivity contribution in [3.8, 4) is 0 Å². The van der Waals surface area contributed by atoms with Crippen molar-refractivity contribution in [2.45, 2.75) is 19.4 Å². The Hall–Kier alpha value is -1.29. The van der Waals surface area contributed by atoms with Crippen LogP contribution in [0.5, 0.6) is 0 Å². The molecule has 1 unspecified atom stereocenters. The van der Waals surface area contributed by atoms with E-state index in [1.165, 1.54) is 6.07 Å². The summed E-state index contributed by atoms with van der Waals surface area (Å²) >= 11 is 0. The van der Waals surface area contributed by atoms with Gasteiger partial charge in [-0.15, -0.1) is 0 Å². The second-order valence-electron chi connectivity index (χ2n) is 2.64. The monoisotopic (exact) mass is 184 g/mol. The number of hydrogen-bond acceptors (Lipinski definition) is 3. The van der Waals surface area contributed by atoms with Gasteiger partial charge in [-0.1, -0.05) is 6.92 Å². The first kappa shape index (κ1) is 9.80. The molecule has 4 nitrogen and oxygen atoms in total. The third kappa shape index (κ3) is 2.09. The minimum absolute atomic E-state index is 0.0505. The molecule has 0 aliphatic carbocycles. The number of carboxylic acids is 1. The van der Waals surface area contributed by atoms with Crippen LogP contribution in [0.2, 0.25) is 0 Å². The Morgan fingerprint density at radius 3 is 2.77 bits per heavy atom. The van der Waals surface area contributed by atoms with Crippen LogP contribution in [-0.2, 0) is 4.74 Å². The smallest absolute Gasteiger partial charge is 0.371 e. The molecule has 0 aliphatic rings. The molecule has 1 aromatic heterocycles. The molecule has 0 saturated carbocycles. The molecule has 0 radical (unpaired) electrons. The van der Waals surface area contributed by atoms with E-state index in [0.29, 0.717) is 5.76 Å². The molecule has 1 aromatic rings. The minimum atomic E-state index is -1.06. The van der Waals surface area contributed by atoms with Crippen LogP contribution in [0.3, 0.4) is 0 Å². The average molecular weight is 184 g/mol. The Balaban J connectivity index is 2.84. The normalized spacial score (nSPS) is 12.8. The van der Waals surface area contributed by atoms with E-state index in [4.69, 9.17) is 14.3 Å². The van der Waals surface area contributed by atoms with E-state index < -0.39 is 5.97 Å². The molecule has 4 heteroatoms. The van der Waals surface area contributed by atoms with E-state index in [0.717, 1.165) is 6.42 Å². The summed E-state index contributed by atoms with van der Waals surface area (Å²) in [4.78, 5) is 10.5. The van der Waals surface area contributed by atoms with Crippen molar-refractivity contribution in [2.75, 3.05) is 7.11 Å². The number of ether oxygens (including phenoxy) is 1. The van der Waals surface area contributed by atoms with Crippen LogP contribution in [0.15, 0.2) is 16.5 Å². The molecular formula is C9H12O4. The summed E-state index contributed by atoms with van der Waals surface area (Å²) < 4.78 is 10.2. The summed E-state index contributed by atoms with van der Waals surface area (Å²) in [5, 5.41) is 8.59. The van der Waals surface area contributed by atoms with Gasteiger partial charge in [-0.3, -0.25) is 0 Å². The van der Waals surface area contributed by atoms with Gasteiger partial charge in [0, 0.05) is 7.11 Å². The van der Waals surface area contributed by atoms with Crippen molar-refractivity contribution in [3.05, 3.63) is 23.7 Å². The van der Waals surface area contributed by atoms with E-state index in [-0.39, 0.29) is 11.9 Å². The van der Waals surface area contributed by atoms with Gasteiger partial charge in [0.25, 0.3) is 0 Å². The number of carbonyl (C=O) groups is 1. The third-order valence-electron chi connectivity index (χ3n) is 1.81. The van der Waals surface area contributed by atoms with Crippen molar-refractivity contribution < 1.29 is 19.1 Å². The van der Waals surface area contributed by atoms with E-state index in [2.05, 4.69) is 0 Å². The lowest BCUT2D eigenvalue weighted by atomic mass is 10.2. The highest BCUT2D eigenvalue weighted by atomic mass is 16.5. The first-order chi connectivity index (χ1) is 6.19. The first-order valence-corrected chi connectivity index (χ1v) is 4.04. The number of methoxy groups -OCH3 is 1. The predicted molar refractivity (Wildman–Crippen MR) is 45.7 cm³/mol. The Morgan fingerprint density at radius 1 is 1.69 bits per heavy atom. The molecule has 72 valence electrons. The lowest BCUT2D eigenvalue weighted by Gasteiger charge is -2.08. The summed E-state index contributed by atoms with van der Waals surface area (Å²) in [5.41, 5.74) is 0. The number of carboxylic acid groups (broad SMARTS) is 1. The summed E-state index contributed by atoms with van der Waals surface area (Å²) in [5.74, 6) is -0.551. The van der Waals surface area contributed by atoms with Crippen LogP contribution in [0.4, 0.5) is 0 Å². The lowest BCUT2D eigenvalue weighted by Crippen LogP contribution is -1.98. The molecule has 0 bridgehead atoms. The van der Waals surface area contributed by atoms with Gasteiger partial charge in [0.05, 0.1) is 0 Å². The third-order valence-corrected chi connectivity index (χ3v) is 1.81. The topological polar surface area (TPSA) is 59.7 Å². The maximum absolute atomic E-state index is 10.5. The summed E-state index contributed by atoms with van der Waals surface area (Å²) in [6, 6.07) is 3.06. The molecule has 1 N–H and O–H groups in total. The van der Waals surface area contributed by atoms with E-state index >= 15 is 0 Å². The molecule has 1 rings (SSSR count). The van der Waals surface area contributed by atoms with Crippen LogP contribution in [-0.4, -0.2) is 18.2 Å². The zero-order chi connectivity index (χ0) is 9.84. The maximum Gasteiger partial charge on any atom is 0.371 e. The van der Waals surface area contributed by atoms with Gasteiger partial charge in [-0.05, 0) is 18.6 Å². The van der Waals surface area contributed by atoms with Gasteiger partial charge in [-0.2, -0.15) is 0 Å². The van der Waals surface area contributed by atoms with Crippen molar-refractivity contribution in [3.63, 3.8) is 0 Å². The van der Waals surface area contributed by atoms with Crippen LogP contribution in [0.1, 0.15) is 35.8 Å². The molecule has 0 aromatic carbocycles. The molecule has 0 fully saturated rings. The highest BCUT2D eigenvalue weighted by Gasteiger charge is 2.15.